The number of carboxylic acids is 1. The van der Waals surface area contributed by atoms with Gasteiger partial charge in [-0.15, -0.1) is 0 Å². The van der Waals surface area contributed by atoms with Gasteiger partial charge in [-0.05, 0) is 24.3 Å². The van der Waals surface area contributed by atoms with Gasteiger partial charge in [0.25, 0.3) is 0 Å². The van der Waals surface area contributed by atoms with Gasteiger partial charge in [-0.1, -0.05) is 0 Å². The summed E-state index contributed by atoms with van der Waals surface area (Å²) in [5, 5.41) is 11.3. The highest BCUT2D eigenvalue weighted by atomic mass is 19.4. The summed E-state index contributed by atoms with van der Waals surface area (Å²) in [4.78, 5) is 24.0. The Labute approximate surface area is 144 Å². The lowest BCUT2D eigenvalue weighted by Gasteiger charge is -2.18. The molecule has 0 spiro atoms. The Morgan fingerprint density at radius 3 is 2.31 bits per heavy atom. The number of halogens is 5. The fraction of sp³-hybridized carbons (Fsp3) is 0.467. The fourth-order valence-electron chi connectivity index (χ4n) is 2.72. The molecular formula is C15H15F5N2O4. The molecule has 0 saturated carbocycles. The maximum atomic E-state index is 12.9. The van der Waals surface area contributed by atoms with Gasteiger partial charge in [0.15, 0.2) is 0 Å². The van der Waals surface area contributed by atoms with Gasteiger partial charge < -0.3 is 15.2 Å². The van der Waals surface area contributed by atoms with E-state index < -0.39 is 56.1 Å². The Hall–Kier alpha value is -2.43. The van der Waals surface area contributed by atoms with Crippen molar-refractivity contribution in [3.05, 3.63) is 24.3 Å². The molecule has 2 rings (SSSR count). The van der Waals surface area contributed by atoms with Crippen molar-refractivity contribution in [2.45, 2.75) is 12.8 Å². The molecule has 11 heteroatoms. The number of carbonyl (C=O) groups excluding carboxylic acids is 1. The van der Waals surface area contributed by atoms with E-state index in [-0.39, 0.29) is 11.4 Å². The van der Waals surface area contributed by atoms with E-state index in [1.165, 1.54) is 24.3 Å². The summed E-state index contributed by atoms with van der Waals surface area (Å²) in [5.74, 6) is -6.01. The SMILES string of the molecule is O=C(CN1C[C@@H](C(F)(F)F)[C@H](C(=O)O)C1)Nc1ccc(OC(F)F)cc1. The van der Waals surface area contributed by atoms with Gasteiger partial charge in [0.1, 0.15) is 5.75 Å². The molecule has 2 N–H and O–H groups in total. The number of amides is 1. The smallest absolute Gasteiger partial charge is 0.393 e. The van der Waals surface area contributed by atoms with Crippen LogP contribution in [0.5, 0.6) is 5.75 Å². The number of nitrogens with zero attached hydrogens (tertiary/aromatic N) is 1. The second kappa shape index (κ2) is 7.85. The molecule has 1 aliphatic heterocycles. The van der Waals surface area contributed by atoms with E-state index in [0.29, 0.717) is 0 Å². The van der Waals surface area contributed by atoms with Crippen LogP contribution in [0.4, 0.5) is 27.6 Å². The molecule has 0 aliphatic carbocycles. The maximum Gasteiger partial charge on any atom is 0.393 e. The van der Waals surface area contributed by atoms with Crippen molar-refractivity contribution in [2.24, 2.45) is 11.8 Å². The van der Waals surface area contributed by atoms with Crippen LogP contribution in [0.25, 0.3) is 0 Å². The summed E-state index contributed by atoms with van der Waals surface area (Å²) in [6, 6.07) is 4.96. The Bertz CT molecular complexity index is 650. The lowest BCUT2D eigenvalue weighted by molar-refractivity contribution is -0.188. The van der Waals surface area contributed by atoms with Crippen molar-refractivity contribution in [1.29, 1.82) is 0 Å². The minimum Gasteiger partial charge on any atom is -0.481 e. The predicted molar refractivity (Wildman–Crippen MR) is 78.8 cm³/mol. The zero-order chi connectivity index (χ0) is 19.5. The second-order valence-corrected chi connectivity index (χ2v) is 5.74. The van der Waals surface area contributed by atoms with Crippen LogP contribution in [0.15, 0.2) is 24.3 Å². The number of alkyl halides is 5. The number of nitrogens with one attached hydrogen (secondary N) is 1. The quantitative estimate of drug-likeness (QED) is 0.739. The third kappa shape index (κ3) is 5.28. The summed E-state index contributed by atoms with van der Waals surface area (Å²) in [7, 11) is 0. The number of likely N-dealkylation sites (tertiary alicyclic amines) is 1. The van der Waals surface area contributed by atoms with E-state index in [4.69, 9.17) is 5.11 Å². The summed E-state index contributed by atoms with van der Waals surface area (Å²) in [6.07, 6.45) is -4.67. The molecule has 0 unspecified atom stereocenters. The highest BCUT2D eigenvalue weighted by molar-refractivity contribution is 5.92. The van der Waals surface area contributed by atoms with Gasteiger partial charge in [0.2, 0.25) is 5.91 Å². The van der Waals surface area contributed by atoms with E-state index in [1.807, 2.05) is 0 Å². The van der Waals surface area contributed by atoms with Gasteiger partial charge in [0, 0.05) is 18.8 Å². The molecular weight excluding hydrogens is 367 g/mol. The standard InChI is InChI=1S/C15H15F5N2O4/c16-14(17)26-9-3-1-8(2-4-9)21-12(23)7-22-5-10(13(24)25)11(6-22)15(18,19)20/h1-4,10-11,14H,5-7H2,(H,21,23)(H,24,25)/t10-,11-/m1/s1. The number of carbonyl (C=O) groups is 2. The third-order valence-electron chi connectivity index (χ3n) is 3.86. The molecule has 2 atom stereocenters. The van der Waals surface area contributed by atoms with Crippen LogP contribution >= 0.6 is 0 Å². The maximum absolute atomic E-state index is 12.9. The topological polar surface area (TPSA) is 78.9 Å². The Morgan fingerprint density at radius 2 is 1.85 bits per heavy atom. The van der Waals surface area contributed by atoms with E-state index in [9.17, 15) is 31.5 Å². The summed E-state index contributed by atoms with van der Waals surface area (Å²) in [5.41, 5.74) is 0.234. The monoisotopic (exact) mass is 382 g/mol. The van der Waals surface area contributed by atoms with Crippen LogP contribution in [0, 0.1) is 11.8 Å². The molecule has 1 fully saturated rings. The van der Waals surface area contributed by atoms with Gasteiger partial charge in [-0.3, -0.25) is 14.5 Å². The molecule has 1 aromatic rings. The first-order chi connectivity index (χ1) is 12.1. The Kier molecular flexibility index (Phi) is 6.01. The van der Waals surface area contributed by atoms with Crippen molar-refractivity contribution in [3.8, 4) is 5.75 Å². The predicted octanol–water partition coefficient (Wildman–Crippen LogP) is 2.42. The van der Waals surface area contributed by atoms with Crippen LogP contribution in [0.3, 0.4) is 0 Å². The number of benzene rings is 1. The number of hydrogen-bond acceptors (Lipinski definition) is 4. The minimum atomic E-state index is -4.67. The van der Waals surface area contributed by atoms with E-state index in [2.05, 4.69) is 10.1 Å². The van der Waals surface area contributed by atoms with Crippen molar-refractivity contribution in [3.63, 3.8) is 0 Å². The zero-order valence-corrected chi connectivity index (χ0v) is 13.2. The van der Waals surface area contributed by atoms with E-state index >= 15 is 0 Å². The first kappa shape index (κ1) is 19.9. The molecule has 0 aromatic heterocycles. The number of aliphatic carboxylic acids is 1. The molecule has 0 bridgehead atoms. The fourth-order valence-corrected chi connectivity index (χ4v) is 2.72. The average Bonchev–Trinajstić information content (AvgIpc) is 2.93. The van der Waals surface area contributed by atoms with Crippen LogP contribution < -0.4 is 10.1 Å². The lowest BCUT2D eigenvalue weighted by atomic mass is 9.96. The molecule has 26 heavy (non-hydrogen) atoms. The third-order valence-corrected chi connectivity index (χ3v) is 3.86. The number of carboxylic acid groups (broad SMARTS) is 1. The number of rotatable bonds is 6. The van der Waals surface area contributed by atoms with Crippen molar-refractivity contribution in [2.75, 3.05) is 25.0 Å². The van der Waals surface area contributed by atoms with Crippen molar-refractivity contribution < 1.29 is 41.4 Å². The molecule has 1 saturated heterocycles. The zero-order valence-electron chi connectivity index (χ0n) is 13.2. The second-order valence-electron chi connectivity index (χ2n) is 5.74. The Balaban J connectivity index is 1.92. The van der Waals surface area contributed by atoms with Gasteiger partial charge in [-0.2, -0.15) is 22.0 Å². The van der Waals surface area contributed by atoms with Crippen molar-refractivity contribution >= 4 is 17.6 Å². The van der Waals surface area contributed by atoms with Crippen LogP contribution in [0.2, 0.25) is 0 Å². The molecule has 144 valence electrons. The summed E-state index contributed by atoms with van der Waals surface area (Å²) < 4.78 is 66.9. The first-order valence-corrected chi connectivity index (χ1v) is 7.43. The van der Waals surface area contributed by atoms with E-state index in [1.54, 1.807) is 0 Å². The molecule has 1 aromatic carbocycles. The van der Waals surface area contributed by atoms with Gasteiger partial charge >= 0.3 is 18.8 Å². The highest BCUT2D eigenvalue weighted by Gasteiger charge is 2.52. The van der Waals surface area contributed by atoms with Crippen LogP contribution in [0.1, 0.15) is 0 Å². The number of hydrogen-bond donors (Lipinski definition) is 2. The molecule has 1 heterocycles. The molecule has 1 aliphatic rings. The largest absolute Gasteiger partial charge is 0.481 e. The van der Waals surface area contributed by atoms with Crippen molar-refractivity contribution in [1.82, 2.24) is 4.90 Å². The van der Waals surface area contributed by atoms with Gasteiger partial charge in [-0.25, -0.2) is 0 Å². The number of anilines is 1. The summed E-state index contributed by atoms with van der Waals surface area (Å²) in [6.45, 7) is -4.40. The normalized spacial score (nSPS) is 21.0. The van der Waals surface area contributed by atoms with Gasteiger partial charge in [0.05, 0.1) is 18.4 Å². The van der Waals surface area contributed by atoms with Crippen LogP contribution in [-0.2, 0) is 9.59 Å². The highest BCUT2D eigenvalue weighted by Crippen LogP contribution is 2.37. The number of ether oxygens (including phenoxy) is 1. The van der Waals surface area contributed by atoms with Crippen LogP contribution in [-0.4, -0.2) is 54.3 Å². The average molecular weight is 382 g/mol. The first-order valence-electron chi connectivity index (χ1n) is 7.43. The molecule has 0 radical (unpaired) electrons. The Morgan fingerprint density at radius 1 is 1.23 bits per heavy atom. The minimum absolute atomic E-state index is 0.116. The molecule has 6 nitrogen and oxygen atoms in total. The van der Waals surface area contributed by atoms with E-state index in [0.717, 1.165) is 4.90 Å². The molecule has 1 amide bonds. The lowest BCUT2D eigenvalue weighted by Crippen LogP contribution is -2.34. The summed E-state index contributed by atoms with van der Waals surface area (Å²) >= 11 is 0.